The number of hydrogen-bond donors (Lipinski definition) is 2. The second-order valence-corrected chi connectivity index (χ2v) is 8.63. The standard InChI is InChI=1S/C22H30F4N2O3/c1-13(28-14(2)29)10-27-16-3-5-17(6-4-16)31-12-19-20(23)7-18(8-21(19)24)30-11-15-9-22(15,25)26/h7-8,13,15-17,27H,3-6,9-12H2,1-2H3,(H,28,29)/t13-,15?,16?,17?/m0/s1. The molecule has 1 amide bonds. The number of ether oxygens (including phenoxy) is 2. The lowest BCUT2D eigenvalue weighted by molar-refractivity contribution is -0.119. The lowest BCUT2D eigenvalue weighted by Gasteiger charge is -2.30. The van der Waals surface area contributed by atoms with Crippen LogP contribution in [-0.2, 0) is 16.1 Å². The van der Waals surface area contributed by atoms with Gasteiger partial charge in [-0.25, -0.2) is 17.6 Å². The van der Waals surface area contributed by atoms with Crippen molar-refractivity contribution in [2.24, 2.45) is 5.92 Å². The van der Waals surface area contributed by atoms with Crippen LogP contribution in [0.3, 0.4) is 0 Å². The molecule has 3 rings (SSSR count). The Hall–Kier alpha value is -1.87. The van der Waals surface area contributed by atoms with E-state index in [1.54, 1.807) is 0 Å². The summed E-state index contributed by atoms with van der Waals surface area (Å²) in [6.45, 7) is 3.65. The Kier molecular flexibility index (Phi) is 7.80. The molecule has 1 aromatic rings. The van der Waals surface area contributed by atoms with Crippen LogP contribution in [0.15, 0.2) is 12.1 Å². The van der Waals surface area contributed by atoms with Crippen molar-refractivity contribution in [3.8, 4) is 5.75 Å². The molecular formula is C22H30F4N2O3. The van der Waals surface area contributed by atoms with Crippen molar-refractivity contribution in [3.63, 3.8) is 0 Å². The molecule has 2 N–H and O–H groups in total. The number of rotatable bonds is 10. The smallest absolute Gasteiger partial charge is 0.255 e. The summed E-state index contributed by atoms with van der Waals surface area (Å²) in [5, 5.41) is 6.25. The van der Waals surface area contributed by atoms with Gasteiger partial charge in [-0.2, -0.15) is 0 Å². The third kappa shape index (κ3) is 7.07. The number of amides is 1. The molecule has 0 aliphatic heterocycles. The van der Waals surface area contributed by atoms with Gasteiger partial charge in [0.25, 0.3) is 5.92 Å². The lowest BCUT2D eigenvalue weighted by Crippen LogP contribution is -2.44. The van der Waals surface area contributed by atoms with Crippen molar-refractivity contribution < 1.29 is 31.8 Å². The normalized spacial score (nSPS) is 25.7. The van der Waals surface area contributed by atoms with Crippen molar-refractivity contribution in [3.05, 3.63) is 29.3 Å². The van der Waals surface area contributed by atoms with Crippen LogP contribution < -0.4 is 15.4 Å². The van der Waals surface area contributed by atoms with E-state index in [9.17, 15) is 22.4 Å². The van der Waals surface area contributed by atoms with Gasteiger partial charge in [-0.3, -0.25) is 4.79 Å². The number of nitrogens with one attached hydrogen (secondary N) is 2. The molecular weight excluding hydrogens is 416 g/mol. The largest absolute Gasteiger partial charge is 0.493 e. The molecule has 5 nitrogen and oxygen atoms in total. The summed E-state index contributed by atoms with van der Waals surface area (Å²) in [7, 11) is 0. The van der Waals surface area contributed by atoms with E-state index in [1.807, 2.05) is 6.92 Å². The van der Waals surface area contributed by atoms with E-state index in [0.29, 0.717) is 12.6 Å². The van der Waals surface area contributed by atoms with Crippen molar-refractivity contribution in [1.29, 1.82) is 0 Å². The molecule has 31 heavy (non-hydrogen) atoms. The van der Waals surface area contributed by atoms with Crippen LogP contribution in [-0.4, -0.2) is 43.2 Å². The number of alkyl halides is 2. The molecule has 2 atom stereocenters. The second-order valence-electron chi connectivity index (χ2n) is 8.63. The predicted octanol–water partition coefficient (Wildman–Crippen LogP) is 3.94. The zero-order valence-corrected chi connectivity index (χ0v) is 17.9. The summed E-state index contributed by atoms with van der Waals surface area (Å²) >= 11 is 0. The fraction of sp³-hybridized carbons (Fsp3) is 0.682. The molecule has 0 saturated heterocycles. The number of benzene rings is 1. The van der Waals surface area contributed by atoms with Crippen molar-refractivity contribution >= 4 is 5.91 Å². The van der Waals surface area contributed by atoms with Gasteiger partial charge in [0.1, 0.15) is 17.4 Å². The van der Waals surface area contributed by atoms with Gasteiger partial charge in [-0.1, -0.05) is 0 Å². The van der Waals surface area contributed by atoms with Gasteiger partial charge >= 0.3 is 0 Å². The SMILES string of the molecule is CC(=O)N[C@@H](C)CNC1CCC(OCc2c(F)cc(OCC3CC3(F)F)cc2F)CC1. The maximum absolute atomic E-state index is 14.3. The predicted molar refractivity (Wildman–Crippen MR) is 107 cm³/mol. The molecule has 2 fully saturated rings. The molecule has 0 bridgehead atoms. The van der Waals surface area contributed by atoms with E-state index in [-0.39, 0.29) is 49.0 Å². The molecule has 1 unspecified atom stereocenters. The second kappa shape index (κ2) is 10.2. The monoisotopic (exact) mass is 446 g/mol. The summed E-state index contributed by atoms with van der Waals surface area (Å²) in [5.74, 6) is -5.39. The summed E-state index contributed by atoms with van der Waals surface area (Å²) in [6.07, 6.45) is 2.95. The van der Waals surface area contributed by atoms with E-state index in [4.69, 9.17) is 9.47 Å². The van der Waals surface area contributed by atoms with Gasteiger partial charge < -0.3 is 20.1 Å². The highest BCUT2D eigenvalue weighted by Crippen LogP contribution is 2.48. The summed E-state index contributed by atoms with van der Waals surface area (Å²) in [5.41, 5.74) is -0.187. The first-order valence-corrected chi connectivity index (χ1v) is 10.7. The van der Waals surface area contributed by atoms with E-state index in [2.05, 4.69) is 10.6 Å². The molecule has 2 aliphatic rings. The maximum atomic E-state index is 14.3. The highest BCUT2D eigenvalue weighted by molar-refractivity contribution is 5.73. The van der Waals surface area contributed by atoms with Gasteiger partial charge in [-0.15, -0.1) is 0 Å². The Morgan fingerprint density at radius 3 is 2.35 bits per heavy atom. The maximum Gasteiger partial charge on any atom is 0.255 e. The van der Waals surface area contributed by atoms with Crippen LogP contribution in [0.25, 0.3) is 0 Å². The Morgan fingerprint density at radius 1 is 1.19 bits per heavy atom. The summed E-state index contributed by atoms with van der Waals surface area (Å²) in [4.78, 5) is 11.0. The Labute approximate surface area is 179 Å². The van der Waals surface area contributed by atoms with Gasteiger partial charge in [0.05, 0.1) is 25.2 Å². The van der Waals surface area contributed by atoms with Crippen LogP contribution in [0.2, 0.25) is 0 Å². The minimum absolute atomic E-state index is 0.0464. The average Bonchev–Trinajstić information content (AvgIpc) is 3.31. The minimum atomic E-state index is -2.73. The molecule has 0 spiro atoms. The third-order valence-corrected chi connectivity index (χ3v) is 5.82. The van der Waals surface area contributed by atoms with Crippen molar-refractivity contribution in [2.75, 3.05) is 13.2 Å². The van der Waals surface area contributed by atoms with Gasteiger partial charge in [0.15, 0.2) is 0 Å². The van der Waals surface area contributed by atoms with E-state index >= 15 is 0 Å². The van der Waals surface area contributed by atoms with E-state index in [1.165, 1.54) is 6.92 Å². The van der Waals surface area contributed by atoms with Crippen LogP contribution in [0.5, 0.6) is 5.75 Å². The van der Waals surface area contributed by atoms with Crippen LogP contribution in [0, 0.1) is 17.6 Å². The zero-order chi connectivity index (χ0) is 22.6. The fourth-order valence-corrected chi connectivity index (χ4v) is 3.82. The third-order valence-electron chi connectivity index (χ3n) is 5.82. The highest BCUT2D eigenvalue weighted by atomic mass is 19.3. The summed E-state index contributed by atoms with van der Waals surface area (Å²) in [6, 6.07) is 2.39. The molecule has 0 radical (unpaired) electrons. The molecule has 9 heteroatoms. The number of hydrogen-bond acceptors (Lipinski definition) is 4. The quantitative estimate of drug-likeness (QED) is 0.535. The van der Waals surface area contributed by atoms with E-state index < -0.39 is 23.5 Å². The van der Waals surface area contributed by atoms with Crippen LogP contribution in [0.1, 0.15) is 51.5 Å². The van der Waals surface area contributed by atoms with Crippen molar-refractivity contribution in [2.45, 2.75) is 76.7 Å². The lowest BCUT2D eigenvalue weighted by atomic mass is 9.92. The van der Waals surface area contributed by atoms with Crippen molar-refractivity contribution in [1.82, 2.24) is 10.6 Å². The molecule has 2 saturated carbocycles. The number of carbonyl (C=O) groups excluding carboxylic acids is 1. The molecule has 174 valence electrons. The van der Waals surface area contributed by atoms with Crippen LogP contribution >= 0.6 is 0 Å². The fourth-order valence-electron chi connectivity index (χ4n) is 3.82. The molecule has 2 aliphatic carbocycles. The first kappa shape index (κ1) is 23.8. The molecule has 1 aromatic carbocycles. The Balaban J connectivity index is 1.39. The number of halogens is 4. The molecule has 0 heterocycles. The Bertz CT molecular complexity index is 746. The Morgan fingerprint density at radius 2 is 1.81 bits per heavy atom. The molecule has 0 aromatic heterocycles. The van der Waals surface area contributed by atoms with Gasteiger partial charge in [-0.05, 0) is 32.6 Å². The average molecular weight is 446 g/mol. The topological polar surface area (TPSA) is 59.6 Å². The van der Waals surface area contributed by atoms with Gasteiger partial charge in [0.2, 0.25) is 5.91 Å². The first-order chi connectivity index (χ1) is 14.6. The minimum Gasteiger partial charge on any atom is -0.493 e. The van der Waals surface area contributed by atoms with E-state index in [0.717, 1.165) is 37.8 Å². The zero-order valence-electron chi connectivity index (χ0n) is 17.9. The number of carbonyl (C=O) groups is 1. The summed E-state index contributed by atoms with van der Waals surface area (Å²) < 4.78 is 65.2. The highest BCUT2D eigenvalue weighted by Gasteiger charge is 2.57. The first-order valence-electron chi connectivity index (χ1n) is 10.7. The van der Waals surface area contributed by atoms with Gasteiger partial charge in [0, 0.05) is 49.7 Å². The van der Waals surface area contributed by atoms with Crippen LogP contribution in [0.4, 0.5) is 17.6 Å².